The van der Waals surface area contributed by atoms with Crippen LogP contribution in [0.3, 0.4) is 0 Å². The molecule has 23 heavy (non-hydrogen) atoms. The van der Waals surface area contributed by atoms with Crippen LogP contribution in [0.4, 0.5) is 0 Å². The molecule has 6 nitrogen and oxygen atoms in total. The molecule has 0 amide bonds. The molecule has 128 valence electrons. The highest BCUT2D eigenvalue weighted by atomic mass is 32.2. The van der Waals surface area contributed by atoms with Gasteiger partial charge in [0.25, 0.3) is 10.0 Å². The molecule has 0 N–H and O–H groups in total. The Morgan fingerprint density at radius 1 is 1.35 bits per heavy atom. The van der Waals surface area contributed by atoms with Crippen molar-refractivity contribution in [2.24, 2.45) is 0 Å². The number of hydrogen-bond acceptors (Lipinski definition) is 6. The van der Waals surface area contributed by atoms with E-state index in [2.05, 4.69) is 4.90 Å². The van der Waals surface area contributed by atoms with Gasteiger partial charge in [0.2, 0.25) is 0 Å². The molecular formula is C15H22N2O4S2. The van der Waals surface area contributed by atoms with Crippen LogP contribution in [0.15, 0.2) is 21.4 Å². The summed E-state index contributed by atoms with van der Waals surface area (Å²) in [6, 6.07) is 1.88. The topological polar surface area (TPSA) is 59.1 Å². The summed E-state index contributed by atoms with van der Waals surface area (Å²) in [6.07, 6.45) is 2.69. The molecule has 0 aromatic carbocycles. The van der Waals surface area contributed by atoms with Gasteiger partial charge in [-0.25, -0.2) is 8.42 Å². The van der Waals surface area contributed by atoms with E-state index < -0.39 is 10.0 Å². The summed E-state index contributed by atoms with van der Waals surface area (Å²) in [6.45, 7) is 4.70. The third kappa shape index (κ3) is 3.61. The molecule has 0 unspecified atom stereocenters. The zero-order valence-corrected chi connectivity index (χ0v) is 14.9. The van der Waals surface area contributed by atoms with Crippen LogP contribution >= 0.6 is 11.3 Å². The van der Waals surface area contributed by atoms with Gasteiger partial charge in [-0.1, -0.05) is 0 Å². The number of thiophene rings is 1. The number of hydrogen-bond donors (Lipinski definition) is 0. The van der Waals surface area contributed by atoms with Gasteiger partial charge in [0, 0.05) is 51.2 Å². The van der Waals surface area contributed by atoms with Crippen LogP contribution in [-0.4, -0.2) is 70.7 Å². The van der Waals surface area contributed by atoms with E-state index in [1.54, 1.807) is 11.4 Å². The van der Waals surface area contributed by atoms with Crippen LogP contribution in [0.5, 0.6) is 0 Å². The summed E-state index contributed by atoms with van der Waals surface area (Å²) in [5.41, 5.74) is 1.65. The van der Waals surface area contributed by atoms with E-state index in [-0.39, 0.29) is 0 Å². The predicted octanol–water partition coefficient (Wildman–Crippen LogP) is 1.46. The van der Waals surface area contributed by atoms with E-state index in [4.69, 9.17) is 9.47 Å². The predicted molar refractivity (Wildman–Crippen MR) is 89.9 cm³/mol. The van der Waals surface area contributed by atoms with Crippen LogP contribution in [0.2, 0.25) is 0 Å². The van der Waals surface area contributed by atoms with E-state index in [9.17, 15) is 8.42 Å². The molecule has 3 heterocycles. The Morgan fingerprint density at radius 2 is 2.13 bits per heavy atom. The number of nitrogens with zero attached hydrogens (tertiary/aromatic N) is 2. The first-order valence-corrected chi connectivity index (χ1v) is 10.0. The average Bonchev–Trinajstić information content (AvgIpc) is 3.01. The Bertz CT molecular complexity index is 663. The van der Waals surface area contributed by atoms with Crippen molar-refractivity contribution >= 4 is 27.4 Å². The summed E-state index contributed by atoms with van der Waals surface area (Å²) in [5.74, 6) is 0. The highest BCUT2D eigenvalue weighted by Gasteiger charge is 2.34. The quantitative estimate of drug-likeness (QED) is 0.721. The van der Waals surface area contributed by atoms with Gasteiger partial charge in [0.1, 0.15) is 4.21 Å². The monoisotopic (exact) mass is 358 g/mol. The molecule has 2 aliphatic heterocycles. The minimum atomic E-state index is -3.45. The maximum absolute atomic E-state index is 12.9. The van der Waals surface area contributed by atoms with Gasteiger partial charge < -0.3 is 9.47 Å². The molecule has 3 rings (SSSR count). The van der Waals surface area contributed by atoms with Gasteiger partial charge >= 0.3 is 0 Å². The molecular weight excluding hydrogens is 336 g/mol. The Kier molecular flexibility index (Phi) is 5.38. The number of methoxy groups -OCH3 is 1. The molecule has 0 bridgehead atoms. The van der Waals surface area contributed by atoms with Gasteiger partial charge in [-0.2, -0.15) is 0 Å². The number of rotatable bonds is 6. The molecule has 0 aliphatic carbocycles. The Labute approximate surface area is 141 Å². The van der Waals surface area contributed by atoms with Crippen molar-refractivity contribution in [1.29, 1.82) is 0 Å². The van der Waals surface area contributed by atoms with E-state index in [0.29, 0.717) is 43.5 Å². The second-order valence-electron chi connectivity index (χ2n) is 5.61. The molecule has 1 aromatic heterocycles. The third-order valence-corrected chi connectivity index (χ3v) is 7.37. The lowest BCUT2D eigenvalue weighted by molar-refractivity contribution is 0.0405. The van der Waals surface area contributed by atoms with Crippen LogP contribution < -0.4 is 0 Å². The lowest BCUT2D eigenvalue weighted by Crippen LogP contribution is -2.43. The zero-order chi connectivity index (χ0) is 16.3. The average molecular weight is 358 g/mol. The van der Waals surface area contributed by atoms with Crippen LogP contribution in [0, 0.1) is 0 Å². The Hall–Kier alpha value is -0.930. The maximum atomic E-state index is 12.9. The van der Waals surface area contributed by atoms with E-state index in [0.717, 1.165) is 24.4 Å². The number of sulfonamides is 1. The molecule has 0 atom stereocenters. The fraction of sp³-hybridized carbons (Fsp3) is 0.600. The first-order chi connectivity index (χ1) is 11.1. The molecule has 8 heteroatoms. The van der Waals surface area contributed by atoms with Crippen molar-refractivity contribution in [2.45, 2.75) is 10.6 Å². The van der Waals surface area contributed by atoms with Crippen molar-refractivity contribution in [3.8, 4) is 0 Å². The molecule has 1 saturated heterocycles. The normalized spacial score (nSPS) is 21.1. The number of fused-ring (bicyclic) bond motifs is 1. The summed E-state index contributed by atoms with van der Waals surface area (Å²) >= 11 is 1.28. The second kappa shape index (κ2) is 7.31. The van der Waals surface area contributed by atoms with E-state index >= 15 is 0 Å². The summed E-state index contributed by atoms with van der Waals surface area (Å²) in [5, 5.41) is 1.84. The van der Waals surface area contributed by atoms with Gasteiger partial charge in [-0.05, 0) is 23.9 Å². The summed E-state index contributed by atoms with van der Waals surface area (Å²) in [4.78, 5) is 2.24. The lowest BCUT2D eigenvalue weighted by Gasteiger charge is -2.34. The number of morpholine rings is 1. The SMILES string of the molecule is COCCCN1C(CN2CCOCC2)=Cc2ccsc2S1(=O)=O. The molecule has 1 fully saturated rings. The molecule has 0 spiro atoms. The lowest BCUT2D eigenvalue weighted by atomic mass is 10.2. The fourth-order valence-corrected chi connectivity index (χ4v) is 5.79. The standard InChI is InChI=1S/C15H22N2O4S2/c1-20-7-2-4-17-14(12-16-5-8-21-9-6-16)11-13-3-10-22-15(13)23(17,18)19/h3,10-11H,2,4-9,12H2,1H3. The van der Waals surface area contributed by atoms with Crippen LogP contribution in [0.1, 0.15) is 12.0 Å². The van der Waals surface area contributed by atoms with Gasteiger partial charge in [0.15, 0.2) is 0 Å². The Balaban J connectivity index is 1.85. The van der Waals surface area contributed by atoms with Crippen LogP contribution in [0.25, 0.3) is 6.08 Å². The van der Waals surface area contributed by atoms with Crippen molar-refractivity contribution in [1.82, 2.24) is 9.21 Å². The molecule has 0 radical (unpaired) electrons. The molecule has 0 saturated carbocycles. The number of ether oxygens (including phenoxy) is 2. The highest BCUT2D eigenvalue weighted by molar-refractivity contribution is 7.91. The second-order valence-corrected chi connectivity index (χ2v) is 8.58. The van der Waals surface area contributed by atoms with Crippen LogP contribution in [-0.2, 0) is 19.5 Å². The smallest absolute Gasteiger partial charge is 0.274 e. The first kappa shape index (κ1) is 16.9. The van der Waals surface area contributed by atoms with Gasteiger partial charge in [-0.15, -0.1) is 11.3 Å². The molecule has 1 aromatic rings. The maximum Gasteiger partial charge on any atom is 0.274 e. The Morgan fingerprint density at radius 3 is 2.87 bits per heavy atom. The fourth-order valence-electron chi connectivity index (χ4n) is 2.86. The van der Waals surface area contributed by atoms with Crippen molar-refractivity contribution < 1.29 is 17.9 Å². The zero-order valence-electron chi connectivity index (χ0n) is 13.2. The van der Waals surface area contributed by atoms with Gasteiger partial charge in [0.05, 0.1) is 13.2 Å². The van der Waals surface area contributed by atoms with E-state index in [1.165, 1.54) is 11.3 Å². The third-order valence-electron chi connectivity index (χ3n) is 4.02. The van der Waals surface area contributed by atoms with Crippen molar-refractivity contribution in [2.75, 3.05) is 53.1 Å². The first-order valence-electron chi connectivity index (χ1n) is 7.73. The summed E-state index contributed by atoms with van der Waals surface area (Å²) in [7, 11) is -1.82. The minimum absolute atomic E-state index is 0.445. The van der Waals surface area contributed by atoms with Gasteiger partial charge in [-0.3, -0.25) is 9.21 Å². The summed E-state index contributed by atoms with van der Waals surface area (Å²) < 4.78 is 38.3. The largest absolute Gasteiger partial charge is 0.385 e. The van der Waals surface area contributed by atoms with E-state index in [1.807, 2.05) is 17.5 Å². The highest BCUT2D eigenvalue weighted by Crippen LogP contribution is 2.35. The molecule has 2 aliphatic rings. The minimum Gasteiger partial charge on any atom is -0.385 e. The van der Waals surface area contributed by atoms with Crippen molar-refractivity contribution in [3.05, 3.63) is 22.7 Å². The van der Waals surface area contributed by atoms with Crippen molar-refractivity contribution in [3.63, 3.8) is 0 Å².